The van der Waals surface area contributed by atoms with Crippen molar-refractivity contribution in [1.82, 2.24) is 24.6 Å². The van der Waals surface area contributed by atoms with Crippen molar-refractivity contribution in [3.63, 3.8) is 0 Å². The average Bonchev–Trinajstić information content (AvgIpc) is 3.12. The molecule has 1 aliphatic rings. The Morgan fingerprint density at radius 3 is 2.85 bits per heavy atom. The molecule has 0 aliphatic carbocycles. The van der Waals surface area contributed by atoms with Gasteiger partial charge in [-0.3, -0.25) is 9.48 Å². The van der Waals surface area contributed by atoms with Crippen LogP contribution < -0.4 is 5.32 Å². The highest BCUT2D eigenvalue weighted by atomic mass is 16.5. The molecule has 2 aromatic heterocycles. The van der Waals surface area contributed by atoms with Gasteiger partial charge in [0, 0.05) is 39.0 Å². The Hall–Kier alpha value is -2.67. The van der Waals surface area contributed by atoms with Crippen molar-refractivity contribution in [3.8, 4) is 0 Å². The minimum atomic E-state index is -0.0914. The van der Waals surface area contributed by atoms with E-state index in [0.717, 1.165) is 28.1 Å². The summed E-state index contributed by atoms with van der Waals surface area (Å²) in [4.78, 5) is 17.5. The van der Waals surface area contributed by atoms with E-state index in [0.29, 0.717) is 25.1 Å². The molecule has 1 aromatic carbocycles. The highest BCUT2D eigenvalue weighted by molar-refractivity contribution is 5.94. The molecule has 1 amide bonds. The Morgan fingerprint density at radius 2 is 2.07 bits per heavy atom. The second-order valence-corrected chi connectivity index (χ2v) is 7.21. The second kappa shape index (κ2) is 6.81. The van der Waals surface area contributed by atoms with Crippen molar-refractivity contribution in [2.75, 3.05) is 6.54 Å². The van der Waals surface area contributed by atoms with Crippen LogP contribution in [0, 0.1) is 0 Å². The molecule has 3 heterocycles. The van der Waals surface area contributed by atoms with E-state index < -0.39 is 0 Å². The van der Waals surface area contributed by atoms with Crippen molar-refractivity contribution in [2.24, 2.45) is 14.1 Å². The van der Waals surface area contributed by atoms with Crippen LogP contribution in [0.1, 0.15) is 47.5 Å². The van der Waals surface area contributed by atoms with Gasteiger partial charge >= 0.3 is 0 Å². The molecule has 0 saturated carbocycles. The number of para-hydroxylation sites is 2. The summed E-state index contributed by atoms with van der Waals surface area (Å²) in [5.74, 6) is 0.866. The van der Waals surface area contributed by atoms with Gasteiger partial charge in [0.15, 0.2) is 0 Å². The fraction of sp³-hybridized carbons (Fsp3) is 0.450. The maximum absolute atomic E-state index is 12.8. The first kappa shape index (κ1) is 17.7. The number of rotatable bonds is 4. The summed E-state index contributed by atoms with van der Waals surface area (Å²) in [5, 5.41) is 7.54. The van der Waals surface area contributed by atoms with E-state index in [9.17, 15) is 4.79 Å². The molecule has 3 aromatic rings. The fourth-order valence-corrected chi connectivity index (χ4v) is 3.94. The molecule has 0 radical (unpaired) electrons. The number of ether oxygens (including phenoxy) is 1. The van der Waals surface area contributed by atoms with Crippen LogP contribution >= 0.6 is 0 Å². The van der Waals surface area contributed by atoms with Crippen LogP contribution in [0.4, 0.5) is 0 Å². The molecule has 1 aliphatic heterocycles. The third-order valence-electron chi connectivity index (χ3n) is 5.22. The van der Waals surface area contributed by atoms with Gasteiger partial charge < -0.3 is 14.6 Å². The Kier molecular flexibility index (Phi) is 4.47. The maximum atomic E-state index is 12.8. The molecule has 7 heteroatoms. The highest BCUT2D eigenvalue weighted by Crippen LogP contribution is 2.31. The Bertz CT molecular complexity index is 1000. The number of hydrogen-bond donors (Lipinski definition) is 1. The number of amides is 1. The van der Waals surface area contributed by atoms with Crippen LogP contribution in [0.15, 0.2) is 24.3 Å². The Morgan fingerprint density at radius 1 is 1.30 bits per heavy atom. The zero-order chi connectivity index (χ0) is 19.1. The first-order valence-corrected chi connectivity index (χ1v) is 9.35. The number of hydrogen-bond acceptors (Lipinski definition) is 4. The van der Waals surface area contributed by atoms with Crippen LogP contribution in [0.25, 0.3) is 11.0 Å². The Labute approximate surface area is 158 Å². The number of aromatic nitrogens is 4. The maximum Gasteiger partial charge on any atom is 0.269 e. The summed E-state index contributed by atoms with van der Waals surface area (Å²) in [5.41, 5.74) is 4.59. The topological polar surface area (TPSA) is 74.0 Å². The van der Waals surface area contributed by atoms with E-state index in [-0.39, 0.29) is 18.1 Å². The largest absolute Gasteiger partial charge is 0.369 e. The SMILES string of the molecule is C[C@@H]1Cc2c(nn(C)c2C(=O)NCCc2nc3ccccc3n2C)[C@H](C)O1. The van der Waals surface area contributed by atoms with Crippen LogP contribution in [0.5, 0.6) is 0 Å². The second-order valence-electron chi connectivity index (χ2n) is 7.21. The van der Waals surface area contributed by atoms with Gasteiger partial charge in [-0.25, -0.2) is 4.98 Å². The molecular formula is C20H25N5O2. The summed E-state index contributed by atoms with van der Waals surface area (Å²) in [7, 11) is 3.82. The van der Waals surface area contributed by atoms with Gasteiger partial charge in [-0.15, -0.1) is 0 Å². The average molecular weight is 367 g/mol. The van der Waals surface area contributed by atoms with E-state index in [4.69, 9.17) is 4.74 Å². The summed E-state index contributed by atoms with van der Waals surface area (Å²) < 4.78 is 9.57. The zero-order valence-corrected chi connectivity index (χ0v) is 16.2. The number of fused-ring (bicyclic) bond motifs is 2. The molecule has 27 heavy (non-hydrogen) atoms. The standard InChI is InChI=1S/C20H25N5O2/c1-12-11-14-18(13(2)27-12)23-25(4)19(14)20(26)21-10-9-17-22-15-7-5-6-8-16(15)24(17)3/h5-8,12-13H,9-11H2,1-4H3,(H,21,26)/t12-,13+/m1/s1. The fourth-order valence-electron chi connectivity index (χ4n) is 3.94. The highest BCUT2D eigenvalue weighted by Gasteiger charge is 2.31. The summed E-state index contributed by atoms with van der Waals surface area (Å²) in [6.07, 6.45) is 1.38. The molecule has 0 fully saturated rings. The molecular weight excluding hydrogens is 342 g/mol. The normalized spacial score (nSPS) is 19.3. The minimum Gasteiger partial charge on any atom is -0.369 e. The number of imidazole rings is 1. The number of carbonyl (C=O) groups is 1. The lowest BCUT2D eigenvalue weighted by Gasteiger charge is -2.24. The smallest absolute Gasteiger partial charge is 0.269 e. The molecule has 0 bridgehead atoms. The third kappa shape index (κ3) is 3.12. The van der Waals surface area contributed by atoms with E-state index >= 15 is 0 Å². The van der Waals surface area contributed by atoms with Crippen LogP contribution in [-0.2, 0) is 31.7 Å². The van der Waals surface area contributed by atoms with Crippen molar-refractivity contribution in [3.05, 3.63) is 47.0 Å². The van der Waals surface area contributed by atoms with Gasteiger partial charge in [-0.2, -0.15) is 5.10 Å². The predicted octanol–water partition coefficient (Wildman–Crippen LogP) is 2.30. The van der Waals surface area contributed by atoms with E-state index in [1.54, 1.807) is 4.68 Å². The lowest BCUT2D eigenvalue weighted by atomic mass is 9.99. The first-order valence-electron chi connectivity index (χ1n) is 9.35. The summed E-state index contributed by atoms with van der Waals surface area (Å²) in [6, 6.07) is 8.05. The van der Waals surface area contributed by atoms with Gasteiger partial charge in [0.2, 0.25) is 0 Å². The summed E-state index contributed by atoms with van der Waals surface area (Å²) >= 11 is 0. The lowest BCUT2D eigenvalue weighted by Crippen LogP contribution is -2.30. The van der Waals surface area contributed by atoms with Crippen LogP contribution in [0.2, 0.25) is 0 Å². The van der Waals surface area contributed by atoms with Gasteiger partial charge in [-0.1, -0.05) is 12.1 Å². The van der Waals surface area contributed by atoms with Crippen molar-refractivity contribution >= 4 is 16.9 Å². The lowest BCUT2D eigenvalue weighted by molar-refractivity contribution is -0.00709. The van der Waals surface area contributed by atoms with E-state index in [1.807, 2.05) is 46.1 Å². The minimum absolute atomic E-state index is 0.0863. The van der Waals surface area contributed by atoms with E-state index in [2.05, 4.69) is 26.0 Å². The predicted molar refractivity (Wildman–Crippen MR) is 103 cm³/mol. The van der Waals surface area contributed by atoms with Crippen molar-refractivity contribution in [2.45, 2.75) is 38.9 Å². The Balaban J connectivity index is 1.48. The van der Waals surface area contributed by atoms with Crippen molar-refractivity contribution in [1.29, 1.82) is 0 Å². The molecule has 2 atom stereocenters. The molecule has 1 N–H and O–H groups in total. The number of carbonyl (C=O) groups excluding carboxylic acids is 1. The van der Waals surface area contributed by atoms with Crippen LogP contribution in [-0.4, -0.2) is 37.9 Å². The number of nitrogens with zero attached hydrogens (tertiary/aromatic N) is 4. The monoisotopic (exact) mass is 367 g/mol. The van der Waals surface area contributed by atoms with E-state index in [1.165, 1.54) is 0 Å². The van der Waals surface area contributed by atoms with Crippen LogP contribution in [0.3, 0.4) is 0 Å². The van der Waals surface area contributed by atoms with Gasteiger partial charge in [-0.05, 0) is 26.0 Å². The van der Waals surface area contributed by atoms with Gasteiger partial charge in [0.05, 0.1) is 28.9 Å². The molecule has 4 rings (SSSR count). The number of aryl methyl sites for hydroxylation is 2. The molecule has 7 nitrogen and oxygen atoms in total. The quantitative estimate of drug-likeness (QED) is 0.768. The molecule has 142 valence electrons. The van der Waals surface area contributed by atoms with Gasteiger partial charge in [0.25, 0.3) is 5.91 Å². The molecule has 0 saturated heterocycles. The zero-order valence-electron chi connectivity index (χ0n) is 16.2. The third-order valence-corrected chi connectivity index (χ3v) is 5.22. The number of nitrogens with one attached hydrogen (secondary N) is 1. The molecule has 0 spiro atoms. The number of benzene rings is 1. The van der Waals surface area contributed by atoms with Gasteiger partial charge in [0.1, 0.15) is 11.5 Å². The molecule has 0 unspecified atom stereocenters. The summed E-state index contributed by atoms with van der Waals surface area (Å²) in [6.45, 7) is 4.53. The van der Waals surface area contributed by atoms with Crippen molar-refractivity contribution < 1.29 is 9.53 Å². The first-order chi connectivity index (χ1) is 13.0.